The van der Waals surface area contributed by atoms with Crippen LogP contribution in [0.4, 0.5) is 0 Å². The molecule has 5 nitrogen and oxygen atoms in total. The number of ether oxygens (including phenoxy) is 2. The van der Waals surface area contributed by atoms with E-state index in [1.807, 2.05) is 55.4 Å². The minimum Gasteiger partial charge on any atom is -0.497 e. The van der Waals surface area contributed by atoms with Crippen molar-refractivity contribution < 1.29 is 19.4 Å². The molecule has 0 spiro atoms. The van der Waals surface area contributed by atoms with Crippen molar-refractivity contribution in [2.24, 2.45) is 5.92 Å². The average Bonchev–Trinajstić information content (AvgIpc) is 2.64. The lowest BCUT2D eigenvalue weighted by Gasteiger charge is -2.21. The molecule has 0 fully saturated rings. The fraction of sp³-hybridized carbons (Fsp3) is 0.409. The Balaban J connectivity index is 2.00. The van der Waals surface area contributed by atoms with Gasteiger partial charge in [-0.3, -0.25) is 4.79 Å². The van der Waals surface area contributed by atoms with Gasteiger partial charge in [-0.15, -0.1) is 0 Å². The molecule has 2 aromatic carbocycles. The number of carbonyl (C=O) groups is 1. The molecular formula is C22H29NO4. The van der Waals surface area contributed by atoms with Crippen molar-refractivity contribution in [1.82, 2.24) is 4.90 Å². The molecule has 1 atom stereocenters. The van der Waals surface area contributed by atoms with E-state index >= 15 is 0 Å². The van der Waals surface area contributed by atoms with E-state index in [4.69, 9.17) is 14.6 Å². The molecule has 0 saturated heterocycles. The van der Waals surface area contributed by atoms with E-state index in [1.165, 1.54) is 5.56 Å². The first-order valence-electron chi connectivity index (χ1n) is 9.18. The minimum absolute atomic E-state index is 0.0519. The van der Waals surface area contributed by atoms with Gasteiger partial charge in [0.1, 0.15) is 11.5 Å². The topological polar surface area (TPSA) is 59.0 Å². The zero-order chi connectivity index (χ0) is 19.6. The lowest BCUT2D eigenvalue weighted by atomic mass is 10.0. The highest BCUT2D eigenvalue weighted by Crippen LogP contribution is 2.22. The summed E-state index contributed by atoms with van der Waals surface area (Å²) >= 11 is 0. The number of aliphatic carboxylic acids is 1. The molecule has 0 heterocycles. The van der Waals surface area contributed by atoms with E-state index in [2.05, 4.69) is 12.1 Å². The number of para-hydroxylation sites is 1. The van der Waals surface area contributed by atoms with Crippen molar-refractivity contribution in [2.45, 2.75) is 19.3 Å². The maximum atomic E-state index is 11.1. The van der Waals surface area contributed by atoms with E-state index in [9.17, 15) is 4.79 Å². The molecule has 0 aliphatic rings. The van der Waals surface area contributed by atoms with E-state index in [-0.39, 0.29) is 12.3 Å². The maximum Gasteiger partial charge on any atom is 0.303 e. The standard InChI is InChI=1S/C22H29NO4/c1-23(2)15-18(14-22(24)25)16-27-21-10-5-4-8-19(21)12-11-17-7-6-9-20(13-17)26-3/h4-10,13,18H,11-12,14-16H2,1-3H3,(H,24,25). The van der Waals surface area contributed by atoms with Crippen LogP contribution in [-0.2, 0) is 17.6 Å². The number of carboxylic acids is 1. The largest absolute Gasteiger partial charge is 0.497 e. The first-order valence-corrected chi connectivity index (χ1v) is 9.18. The Morgan fingerprint density at radius 1 is 1.11 bits per heavy atom. The van der Waals surface area contributed by atoms with Crippen LogP contribution in [0.3, 0.4) is 0 Å². The molecule has 2 aromatic rings. The maximum absolute atomic E-state index is 11.1. The molecule has 0 bridgehead atoms. The summed E-state index contributed by atoms with van der Waals surface area (Å²) < 4.78 is 11.3. The van der Waals surface area contributed by atoms with Gasteiger partial charge in [0, 0.05) is 12.5 Å². The van der Waals surface area contributed by atoms with Crippen molar-refractivity contribution >= 4 is 5.97 Å². The molecule has 0 radical (unpaired) electrons. The van der Waals surface area contributed by atoms with Crippen LogP contribution in [0.25, 0.3) is 0 Å². The van der Waals surface area contributed by atoms with Crippen molar-refractivity contribution in [3.05, 3.63) is 59.7 Å². The zero-order valence-electron chi connectivity index (χ0n) is 16.4. The van der Waals surface area contributed by atoms with Gasteiger partial charge in [-0.1, -0.05) is 30.3 Å². The summed E-state index contributed by atoms with van der Waals surface area (Å²) in [4.78, 5) is 13.1. The molecule has 0 aromatic heterocycles. The van der Waals surface area contributed by atoms with Crippen LogP contribution in [0.5, 0.6) is 11.5 Å². The lowest BCUT2D eigenvalue weighted by molar-refractivity contribution is -0.138. The summed E-state index contributed by atoms with van der Waals surface area (Å²) in [6.45, 7) is 1.07. The Hall–Kier alpha value is -2.53. The number of methoxy groups -OCH3 is 1. The second-order valence-electron chi connectivity index (χ2n) is 7.00. The summed E-state index contributed by atoms with van der Waals surface area (Å²) in [5, 5.41) is 9.12. The van der Waals surface area contributed by atoms with Crippen LogP contribution in [0.15, 0.2) is 48.5 Å². The van der Waals surface area contributed by atoms with Gasteiger partial charge in [-0.05, 0) is 56.3 Å². The first kappa shape index (κ1) is 20.8. The molecule has 5 heteroatoms. The number of aryl methyl sites for hydroxylation is 2. The summed E-state index contributed by atoms with van der Waals surface area (Å²) in [5.74, 6) is 0.840. The Morgan fingerprint density at radius 3 is 2.59 bits per heavy atom. The second-order valence-corrected chi connectivity index (χ2v) is 7.00. The van der Waals surface area contributed by atoms with E-state index in [1.54, 1.807) is 7.11 Å². The van der Waals surface area contributed by atoms with Gasteiger partial charge < -0.3 is 19.5 Å². The van der Waals surface area contributed by atoms with Crippen molar-refractivity contribution in [1.29, 1.82) is 0 Å². The summed E-state index contributed by atoms with van der Waals surface area (Å²) in [6.07, 6.45) is 1.83. The fourth-order valence-corrected chi connectivity index (χ4v) is 3.11. The van der Waals surface area contributed by atoms with Gasteiger partial charge in [0.2, 0.25) is 0 Å². The van der Waals surface area contributed by atoms with E-state index in [0.717, 1.165) is 29.9 Å². The van der Waals surface area contributed by atoms with Gasteiger partial charge in [0.15, 0.2) is 0 Å². The van der Waals surface area contributed by atoms with Crippen molar-refractivity contribution in [2.75, 3.05) is 34.4 Å². The third kappa shape index (κ3) is 7.31. The molecule has 0 amide bonds. The SMILES string of the molecule is COc1cccc(CCc2ccccc2OCC(CC(=O)O)CN(C)C)c1. The summed E-state index contributed by atoms with van der Waals surface area (Å²) in [6, 6.07) is 16.0. The Kier molecular flexibility index (Phi) is 8.14. The average molecular weight is 371 g/mol. The molecule has 1 N–H and O–H groups in total. The highest BCUT2D eigenvalue weighted by Gasteiger charge is 2.16. The van der Waals surface area contributed by atoms with Crippen LogP contribution in [-0.4, -0.2) is 50.3 Å². The minimum atomic E-state index is -0.795. The van der Waals surface area contributed by atoms with Crippen LogP contribution < -0.4 is 9.47 Å². The third-order valence-corrected chi connectivity index (χ3v) is 4.35. The number of hydrogen-bond donors (Lipinski definition) is 1. The lowest BCUT2D eigenvalue weighted by Crippen LogP contribution is -2.28. The van der Waals surface area contributed by atoms with Gasteiger partial charge >= 0.3 is 5.97 Å². The monoisotopic (exact) mass is 371 g/mol. The number of nitrogens with zero attached hydrogens (tertiary/aromatic N) is 1. The molecule has 2 rings (SSSR count). The fourth-order valence-electron chi connectivity index (χ4n) is 3.11. The van der Waals surface area contributed by atoms with Crippen LogP contribution >= 0.6 is 0 Å². The van der Waals surface area contributed by atoms with Crippen molar-refractivity contribution in [3.8, 4) is 11.5 Å². The third-order valence-electron chi connectivity index (χ3n) is 4.35. The van der Waals surface area contributed by atoms with E-state index in [0.29, 0.717) is 13.2 Å². The zero-order valence-corrected chi connectivity index (χ0v) is 16.4. The van der Waals surface area contributed by atoms with Gasteiger partial charge in [0.25, 0.3) is 0 Å². The molecule has 0 saturated carbocycles. The van der Waals surface area contributed by atoms with Crippen LogP contribution in [0.1, 0.15) is 17.5 Å². The van der Waals surface area contributed by atoms with Crippen LogP contribution in [0.2, 0.25) is 0 Å². The second kappa shape index (κ2) is 10.6. The number of benzene rings is 2. The molecule has 0 aliphatic heterocycles. The predicted octanol–water partition coefficient (Wildman–Crippen LogP) is 3.51. The van der Waals surface area contributed by atoms with Gasteiger partial charge in [-0.25, -0.2) is 0 Å². The number of hydrogen-bond acceptors (Lipinski definition) is 4. The first-order chi connectivity index (χ1) is 13.0. The highest BCUT2D eigenvalue weighted by molar-refractivity contribution is 5.67. The summed E-state index contributed by atoms with van der Waals surface area (Å²) in [5.41, 5.74) is 2.33. The smallest absolute Gasteiger partial charge is 0.303 e. The van der Waals surface area contributed by atoms with Gasteiger partial charge in [-0.2, -0.15) is 0 Å². The molecule has 146 valence electrons. The van der Waals surface area contributed by atoms with E-state index < -0.39 is 5.97 Å². The highest BCUT2D eigenvalue weighted by atomic mass is 16.5. The Morgan fingerprint density at radius 2 is 1.89 bits per heavy atom. The number of rotatable bonds is 11. The molecule has 0 aliphatic carbocycles. The quantitative estimate of drug-likeness (QED) is 0.655. The van der Waals surface area contributed by atoms with Crippen LogP contribution in [0, 0.1) is 5.92 Å². The number of carboxylic acid groups (broad SMARTS) is 1. The molecular weight excluding hydrogens is 342 g/mol. The Bertz CT molecular complexity index is 730. The Labute approximate surface area is 161 Å². The normalized spacial score (nSPS) is 12.0. The summed E-state index contributed by atoms with van der Waals surface area (Å²) in [7, 11) is 5.55. The molecule has 1 unspecified atom stereocenters. The predicted molar refractivity (Wildman–Crippen MR) is 107 cm³/mol. The molecule has 27 heavy (non-hydrogen) atoms. The van der Waals surface area contributed by atoms with Crippen molar-refractivity contribution in [3.63, 3.8) is 0 Å². The van der Waals surface area contributed by atoms with Gasteiger partial charge in [0.05, 0.1) is 20.1 Å².